The summed E-state index contributed by atoms with van der Waals surface area (Å²) in [6.45, 7) is 2.50. The number of nitrogens with zero attached hydrogens (tertiary/aromatic N) is 1. The highest BCUT2D eigenvalue weighted by Gasteiger charge is 2.15. The maximum Gasteiger partial charge on any atom is 0.123 e. The van der Waals surface area contributed by atoms with Crippen LogP contribution in [0.1, 0.15) is 12.8 Å². The molecule has 0 radical (unpaired) electrons. The Morgan fingerprint density at radius 1 is 1.04 bits per heavy atom. The Labute approximate surface area is 147 Å². The van der Waals surface area contributed by atoms with Gasteiger partial charge in [-0.15, -0.1) is 0 Å². The van der Waals surface area contributed by atoms with Crippen LogP contribution in [-0.2, 0) is 4.74 Å². The maximum atomic E-state index is 5.95. The van der Waals surface area contributed by atoms with Crippen LogP contribution in [0.2, 0.25) is 0 Å². The van der Waals surface area contributed by atoms with Crippen molar-refractivity contribution in [3.05, 3.63) is 54.7 Å². The molecule has 4 nitrogen and oxygen atoms in total. The van der Waals surface area contributed by atoms with Crippen molar-refractivity contribution in [3.63, 3.8) is 0 Å². The van der Waals surface area contributed by atoms with E-state index in [2.05, 4.69) is 35.3 Å². The van der Waals surface area contributed by atoms with Gasteiger partial charge in [-0.2, -0.15) is 0 Å². The van der Waals surface area contributed by atoms with E-state index in [9.17, 15) is 0 Å². The van der Waals surface area contributed by atoms with Gasteiger partial charge in [0.25, 0.3) is 0 Å². The fraction of sp³-hybridized carbons (Fsp3) is 0.286. The molecule has 1 fully saturated rings. The average Bonchev–Trinajstić information content (AvgIpc) is 3.15. The molecule has 2 heterocycles. The number of hydrogen-bond donors (Lipinski definition) is 1. The number of rotatable bonds is 5. The van der Waals surface area contributed by atoms with Gasteiger partial charge in [0.15, 0.2) is 0 Å². The Balaban J connectivity index is 1.51. The minimum absolute atomic E-state index is 0.535. The molecule has 0 saturated carbocycles. The molecule has 1 atom stereocenters. The lowest BCUT2D eigenvalue weighted by Crippen LogP contribution is -2.06. The molecule has 2 N–H and O–H groups in total. The number of pyridine rings is 1. The summed E-state index contributed by atoms with van der Waals surface area (Å²) in [6, 6.07) is 16.5. The average molecular weight is 334 g/mol. The third kappa shape index (κ3) is 3.74. The molecular weight excluding hydrogens is 312 g/mol. The topological polar surface area (TPSA) is 57.4 Å². The van der Waals surface area contributed by atoms with E-state index in [-0.39, 0.29) is 0 Å². The van der Waals surface area contributed by atoms with E-state index in [0.29, 0.717) is 11.7 Å². The minimum Gasteiger partial charge on any atom is -0.494 e. The number of nitrogen functional groups attached to an aromatic ring is 1. The Kier molecular flexibility index (Phi) is 4.53. The summed E-state index contributed by atoms with van der Waals surface area (Å²) >= 11 is 0. The van der Waals surface area contributed by atoms with Crippen LogP contribution < -0.4 is 10.5 Å². The van der Waals surface area contributed by atoms with E-state index in [1.165, 1.54) is 5.39 Å². The molecule has 0 spiro atoms. The van der Waals surface area contributed by atoms with Crippen molar-refractivity contribution < 1.29 is 9.47 Å². The molecular formula is C21H22N2O2. The summed E-state index contributed by atoms with van der Waals surface area (Å²) in [6.07, 6.45) is 4.01. The molecule has 1 aliphatic rings. The normalized spacial score (nSPS) is 17.0. The first-order valence-corrected chi connectivity index (χ1v) is 8.74. The second kappa shape index (κ2) is 7.11. The van der Waals surface area contributed by atoms with E-state index < -0.39 is 0 Å². The van der Waals surface area contributed by atoms with Gasteiger partial charge in [-0.25, -0.2) is 4.98 Å². The van der Waals surface area contributed by atoms with Crippen LogP contribution in [0.3, 0.4) is 0 Å². The lowest BCUT2D eigenvalue weighted by Gasteiger charge is -2.11. The lowest BCUT2D eigenvalue weighted by molar-refractivity contribution is 0.178. The van der Waals surface area contributed by atoms with Crippen molar-refractivity contribution in [3.8, 4) is 16.9 Å². The van der Waals surface area contributed by atoms with Gasteiger partial charge >= 0.3 is 0 Å². The van der Waals surface area contributed by atoms with Crippen LogP contribution in [-0.4, -0.2) is 24.8 Å². The Morgan fingerprint density at radius 2 is 1.92 bits per heavy atom. The number of benzene rings is 2. The molecule has 1 unspecified atom stereocenters. The standard InChI is InChI=1S/C21H22N2O2/c22-21-6-4-18(13-23-21)17-2-1-16-3-5-20(12-19(16)11-17)25-10-8-15-7-9-24-14-15/h1-6,11-13,15H,7-10,14H2,(H2,22,23). The molecule has 1 saturated heterocycles. The third-order valence-corrected chi connectivity index (χ3v) is 4.75. The zero-order chi connectivity index (χ0) is 17.1. The number of hydrogen-bond acceptors (Lipinski definition) is 4. The SMILES string of the molecule is Nc1ccc(-c2ccc3ccc(OCCC4CCOC4)cc3c2)cn1. The van der Waals surface area contributed by atoms with Gasteiger partial charge in [0.1, 0.15) is 11.6 Å². The maximum absolute atomic E-state index is 5.95. The summed E-state index contributed by atoms with van der Waals surface area (Å²) in [5.74, 6) is 2.09. The second-order valence-electron chi connectivity index (χ2n) is 6.56. The van der Waals surface area contributed by atoms with Crippen LogP contribution in [0.5, 0.6) is 5.75 Å². The van der Waals surface area contributed by atoms with Gasteiger partial charge < -0.3 is 15.2 Å². The van der Waals surface area contributed by atoms with E-state index in [1.807, 2.05) is 18.2 Å². The first-order chi connectivity index (χ1) is 12.3. The zero-order valence-electron chi connectivity index (χ0n) is 14.2. The Hall–Kier alpha value is -2.59. The number of aromatic nitrogens is 1. The Bertz CT molecular complexity index is 855. The molecule has 0 bridgehead atoms. The molecule has 1 aromatic heterocycles. The highest BCUT2D eigenvalue weighted by molar-refractivity contribution is 5.88. The molecule has 4 heteroatoms. The van der Waals surface area contributed by atoms with Gasteiger partial charge in [0, 0.05) is 25.0 Å². The van der Waals surface area contributed by atoms with Crippen LogP contribution >= 0.6 is 0 Å². The largest absolute Gasteiger partial charge is 0.494 e. The fourth-order valence-corrected chi connectivity index (χ4v) is 3.22. The number of fused-ring (bicyclic) bond motifs is 1. The molecule has 1 aliphatic heterocycles. The molecule has 0 amide bonds. The predicted molar refractivity (Wildman–Crippen MR) is 101 cm³/mol. The molecule has 25 heavy (non-hydrogen) atoms. The lowest BCUT2D eigenvalue weighted by atomic mass is 10.0. The van der Waals surface area contributed by atoms with Gasteiger partial charge in [-0.05, 0) is 65.4 Å². The van der Waals surface area contributed by atoms with Crippen LogP contribution in [0.15, 0.2) is 54.7 Å². The predicted octanol–water partition coefficient (Wildman–Crippen LogP) is 4.29. The van der Waals surface area contributed by atoms with Gasteiger partial charge in [-0.3, -0.25) is 0 Å². The van der Waals surface area contributed by atoms with E-state index in [0.717, 1.165) is 54.9 Å². The Morgan fingerprint density at radius 3 is 2.72 bits per heavy atom. The second-order valence-corrected chi connectivity index (χ2v) is 6.56. The van der Waals surface area contributed by atoms with Gasteiger partial charge in [0.2, 0.25) is 0 Å². The fourth-order valence-electron chi connectivity index (χ4n) is 3.22. The highest BCUT2D eigenvalue weighted by atomic mass is 16.5. The highest BCUT2D eigenvalue weighted by Crippen LogP contribution is 2.27. The van der Waals surface area contributed by atoms with Gasteiger partial charge in [0.05, 0.1) is 6.61 Å². The quantitative estimate of drug-likeness (QED) is 0.756. The zero-order valence-corrected chi connectivity index (χ0v) is 14.2. The van der Waals surface area contributed by atoms with Crippen molar-refractivity contribution >= 4 is 16.6 Å². The van der Waals surface area contributed by atoms with E-state index >= 15 is 0 Å². The van der Waals surface area contributed by atoms with Crippen molar-refractivity contribution in [1.29, 1.82) is 0 Å². The van der Waals surface area contributed by atoms with Crippen LogP contribution in [0.4, 0.5) is 5.82 Å². The number of ether oxygens (including phenoxy) is 2. The monoisotopic (exact) mass is 334 g/mol. The summed E-state index contributed by atoms with van der Waals surface area (Å²) in [4.78, 5) is 4.17. The smallest absolute Gasteiger partial charge is 0.123 e. The van der Waals surface area contributed by atoms with E-state index in [4.69, 9.17) is 15.2 Å². The first kappa shape index (κ1) is 15.9. The summed E-state index contributed by atoms with van der Waals surface area (Å²) in [7, 11) is 0. The minimum atomic E-state index is 0.535. The van der Waals surface area contributed by atoms with Crippen molar-refractivity contribution in [1.82, 2.24) is 4.98 Å². The molecule has 128 valence electrons. The van der Waals surface area contributed by atoms with Crippen molar-refractivity contribution in [2.75, 3.05) is 25.6 Å². The van der Waals surface area contributed by atoms with Crippen LogP contribution in [0.25, 0.3) is 21.9 Å². The van der Waals surface area contributed by atoms with Crippen molar-refractivity contribution in [2.45, 2.75) is 12.8 Å². The first-order valence-electron chi connectivity index (χ1n) is 8.74. The number of anilines is 1. The van der Waals surface area contributed by atoms with Crippen LogP contribution in [0, 0.1) is 5.92 Å². The number of nitrogens with two attached hydrogens (primary N) is 1. The van der Waals surface area contributed by atoms with Crippen molar-refractivity contribution in [2.24, 2.45) is 5.92 Å². The molecule has 2 aromatic carbocycles. The summed E-state index contributed by atoms with van der Waals surface area (Å²) in [5.41, 5.74) is 7.86. The third-order valence-electron chi connectivity index (χ3n) is 4.75. The molecule has 0 aliphatic carbocycles. The summed E-state index contributed by atoms with van der Waals surface area (Å²) < 4.78 is 11.4. The summed E-state index contributed by atoms with van der Waals surface area (Å²) in [5, 5.41) is 2.36. The molecule has 4 rings (SSSR count). The van der Waals surface area contributed by atoms with E-state index in [1.54, 1.807) is 6.20 Å². The van der Waals surface area contributed by atoms with Gasteiger partial charge in [-0.1, -0.05) is 18.2 Å². The molecule has 3 aromatic rings.